The number of nitrogens with two attached hydrogens (primary N) is 1. The molecule has 2 rings (SSSR count). The number of carbonyl (C=O) groups is 1. The lowest BCUT2D eigenvalue weighted by Gasteiger charge is -1.98. The Bertz CT molecular complexity index is 362. The van der Waals surface area contributed by atoms with Gasteiger partial charge in [-0.15, -0.1) is 0 Å². The van der Waals surface area contributed by atoms with E-state index >= 15 is 0 Å². The van der Waals surface area contributed by atoms with Gasteiger partial charge in [0, 0.05) is 5.56 Å². The topological polar surface area (TPSA) is 52.3 Å². The lowest BCUT2D eigenvalue weighted by atomic mass is 10.1. The number of halogens is 1. The summed E-state index contributed by atoms with van der Waals surface area (Å²) in [7, 11) is 0. The maximum atomic E-state index is 11.0. The summed E-state index contributed by atoms with van der Waals surface area (Å²) in [4.78, 5) is 11.0. The van der Waals surface area contributed by atoms with E-state index in [9.17, 15) is 4.79 Å². The Morgan fingerprint density at radius 1 is 1.50 bits per heavy atom. The number of esters is 1. The van der Waals surface area contributed by atoms with Crippen molar-refractivity contribution in [3.63, 3.8) is 0 Å². The van der Waals surface area contributed by atoms with Gasteiger partial charge in [-0.2, -0.15) is 0 Å². The van der Waals surface area contributed by atoms with E-state index in [1.54, 1.807) is 12.1 Å². The van der Waals surface area contributed by atoms with Gasteiger partial charge in [0.15, 0.2) is 0 Å². The molecule has 1 aliphatic rings. The summed E-state index contributed by atoms with van der Waals surface area (Å²) in [6.07, 6.45) is 0. The Kier molecular flexibility index (Phi) is 1.48. The van der Waals surface area contributed by atoms with Crippen molar-refractivity contribution >= 4 is 23.3 Å². The van der Waals surface area contributed by atoms with Crippen molar-refractivity contribution in [2.75, 3.05) is 5.73 Å². The van der Waals surface area contributed by atoms with Crippen LogP contribution in [0.5, 0.6) is 0 Å². The second-order valence-corrected chi connectivity index (χ2v) is 3.01. The van der Waals surface area contributed by atoms with Crippen LogP contribution < -0.4 is 5.73 Å². The highest BCUT2D eigenvalue weighted by molar-refractivity contribution is 6.33. The minimum absolute atomic E-state index is 0.300. The zero-order chi connectivity index (χ0) is 8.72. The summed E-state index contributed by atoms with van der Waals surface area (Å²) in [5, 5.41) is 0.465. The van der Waals surface area contributed by atoms with E-state index in [0.29, 0.717) is 22.9 Å². The van der Waals surface area contributed by atoms with Crippen LogP contribution in [0.4, 0.5) is 5.69 Å². The van der Waals surface area contributed by atoms with Crippen molar-refractivity contribution in [3.05, 3.63) is 28.3 Å². The minimum atomic E-state index is -0.326. The van der Waals surface area contributed by atoms with Crippen LogP contribution in [-0.2, 0) is 11.3 Å². The van der Waals surface area contributed by atoms with Crippen LogP contribution in [0, 0.1) is 0 Å². The zero-order valence-corrected chi connectivity index (χ0v) is 6.89. The number of cyclic esters (lactones) is 1. The van der Waals surface area contributed by atoms with Crippen molar-refractivity contribution in [1.29, 1.82) is 0 Å². The molecule has 0 unspecified atom stereocenters. The molecule has 0 radical (unpaired) electrons. The summed E-state index contributed by atoms with van der Waals surface area (Å²) in [6.45, 7) is 0.300. The molecule has 0 atom stereocenters. The maximum Gasteiger partial charge on any atom is 0.338 e. The normalized spacial score (nSPS) is 14.2. The molecule has 0 saturated heterocycles. The van der Waals surface area contributed by atoms with Crippen molar-refractivity contribution in [2.45, 2.75) is 6.61 Å². The summed E-state index contributed by atoms with van der Waals surface area (Å²) >= 11 is 5.75. The number of carbonyl (C=O) groups excluding carboxylic acids is 1. The summed E-state index contributed by atoms with van der Waals surface area (Å²) < 4.78 is 4.78. The van der Waals surface area contributed by atoms with Crippen molar-refractivity contribution < 1.29 is 9.53 Å². The van der Waals surface area contributed by atoms with Gasteiger partial charge in [-0.1, -0.05) is 11.6 Å². The first kappa shape index (κ1) is 7.43. The maximum absolute atomic E-state index is 11.0. The zero-order valence-electron chi connectivity index (χ0n) is 6.13. The van der Waals surface area contributed by atoms with Gasteiger partial charge in [-0.05, 0) is 12.1 Å². The molecule has 0 amide bonds. The van der Waals surface area contributed by atoms with Crippen molar-refractivity contribution in [1.82, 2.24) is 0 Å². The lowest BCUT2D eigenvalue weighted by Crippen LogP contribution is -1.95. The first-order chi connectivity index (χ1) is 5.68. The molecule has 2 N–H and O–H groups in total. The fourth-order valence-electron chi connectivity index (χ4n) is 1.16. The fourth-order valence-corrected chi connectivity index (χ4v) is 1.35. The molecule has 1 aromatic rings. The molecule has 0 fully saturated rings. The van der Waals surface area contributed by atoms with Crippen molar-refractivity contribution in [2.24, 2.45) is 0 Å². The Morgan fingerprint density at radius 2 is 2.25 bits per heavy atom. The van der Waals surface area contributed by atoms with Gasteiger partial charge in [0.2, 0.25) is 0 Å². The van der Waals surface area contributed by atoms with E-state index in [1.165, 1.54) is 0 Å². The molecule has 0 aromatic heterocycles. The third-order valence-electron chi connectivity index (χ3n) is 1.80. The number of anilines is 1. The van der Waals surface area contributed by atoms with Crippen LogP contribution in [-0.4, -0.2) is 5.97 Å². The Hall–Kier alpha value is -1.22. The van der Waals surface area contributed by atoms with Gasteiger partial charge in [-0.3, -0.25) is 0 Å². The van der Waals surface area contributed by atoms with E-state index in [4.69, 9.17) is 22.1 Å². The lowest BCUT2D eigenvalue weighted by molar-refractivity contribution is 0.0535. The number of nitrogen functional groups attached to an aromatic ring is 1. The van der Waals surface area contributed by atoms with Gasteiger partial charge < -0.3 is 10.5 Å². The third-order valence-corrected chi connectivity index (χ3v) is 2.13. The van der Waals surface area contributed by atoms with Crippen LogP contribution in [0.15, 0.2) is 12.1 Å². The Labute approximate surface area is 74.1 Å². The van der Waals surface area contributed by atoms with Crippen molar-refractivity contribution in [3.8, 4) is 0 Å². The Balaban J connectivity index is 2.63. The molecule has 12 heavy (non-hydrogen) atoms. The van der Waals surface area contributed by atoms with Gasteiger partial charge >= 0.3 is 5.97 Å². The molecule has 0 bridgehead atoms. The van der Waals surface area contributed by atoms with Gasteiger partial charge in [0.05, 0.1) is 16.3 Å². The van der Waals surface area contributed by atoms with Crippen LogP contribution in [0.3, 0.4) is 0 Å². The van der Waals surface area contributed by atoms with Crippen LogP contribution >= 0.6 is 11.6 Å². The van der Waals surface area contributed by atoms with E-state index < -0.39 is 0 Å². The molecule has 0 aliphatic carbocycles. The number of fused-ring (bicyclic) bond motifs is 1. The highest BCUT2D eigenvalue weighted by Gasteiger charge is 2.21. The first-order valence-electron chi connectivity index (χ1n) is 3.43. The molecule has 0 spiro atoms. The van der Waals surface area contributed by atoms with E-state index in [0.717, 1.165) is 5.56 Å². The predicted octanol–water partition coefficient (Wildman–Crippen LogP) is 1.59. The molecule has 62 valence electrons. The first-order valence-corrected chi connectivity index (χ1v) is 3.81. The second kappa shape index (κ2) is 2.38. The summed E-state index contributed by atoms with van der Waals surface area (Å²) in [5.74, 6) is -0.326. The molecular weight excluding hydrogens is 178 g/mol. The molecule has 1 heterocycles. The summed E-state index contributed by atoms with van der Waals surface area (Å²) in [6, 6.07) is 3.21. The summed E-state index contributed by atoms with van der Waals surface area (Å²) in [5.41, 5.74) is 7.26. The Morgan fingerprint density at radius 3 is 3.00 bits per heavy atom. The van der Waals surface area contributed by atoms with Crippen LogP contribution in [0.1, 0.15) is 15.9 Å². The molecule has 4 heteroatoms. The smallest absolute Gasteiger partial charge is 0.338 e. The van der Waals surface area contributed by atoms with Crippen LogP contribution in [0.2, 0.25) is 5.02 Å². The second-order valence-electron chi connectivity index (χ2n) is 2.61. The molecule has 1 aromatic carbocycles. The average molecular weight is 184 g/mol. The molecular formula is C8H6ClNO2. The number of hydrogen-bond donors (Lipinski definition) is 1. The largest absolute Gasteiger partial charge is 0.457 e. The quantitative estimate of drug-likeness (QED) is 0.491. The van der Waals surface area contributed by atoms with Gasteiger partial charge in [0.25, 0.3) is 0 Å². The standard InChI is InChI=1S/C8H6ClNO2/c9-6-1-4-3-12-8(11)5(4)2-7(6)10/h1-2H,3,10H2. The highest BCUT2D eigenvalue weighted by atomic mass is 35.5. The number of rotatable bonds is 0. The van der Waals surface area contributed by atoms with E-state index in [-0.39, 0.29) is 5.97 Å². The van der Waals surface area contributed by atoms with Crippen LogP contribution in [0.25, 0.3) is 0 Å². The van der Waals surface area contributed by atoms with E-state index in [2.05, 4.69) is 0 Å². The predicted molar refractivity (Wildman–Crippen MR) is 45.0 cm³/mol. The average Bonchev–Trinajstić information content (AvgIpc) is 2.35. The number of ether oxygens (including phenoxy) is 1. The SMILES string of the molecule is Nc1cc2c(cc1Cl)COC2=O. The molecule has 3 nitrogen and oxygen atoms in total. The minimum Gasteiger partial charge on any atom is -0.457 e. The number of benzene rings is 1. The molecule has 0 saturated carbocycles. The monoisotopic (exact) mass is 183 g/mol. The van der Waals surface area contributed by atoms with Gasteiger partial charge in [-0.25, -0.2) is 4.79 Å². The van der Waals surface area contributed by atoms with E-state index in [1.807, 2.05) is 0 Å². The third kappa shape index (κ3) is 0.940. The highest BCUT2D eigenvalue weighted by Crippen LogP contribution is 2.28. The number of hydrogen-bond acceptors (Lipinski definition) is 3. The molecule has 1 aliphatic heterocycles. The fraction of sp³-hybridized carbons (Fsp3) is 0.125. The van der Waals surface area contributed by atoms with Gasteiger partial charge in [0.1, 0.15) is 6.61 Å².